The molecule has 1 heterocycles. The SMILES string of the molecule is CCc1c(C)nc(CSC)nc1N. The number of aromatic nitrogens is 2. The number of hydrogen-bond donors (Lipinski definition) is 1. The fourth-order valence-electron chi connectivity index (χ4n) is 1.31. The lowest BCUT2D eigenvalue weighted by atomic mass is 10.2. The summed E-state index contributed by atoms with van der Waals surface area (Å²) in [4.78, 5) is 8.62. The zero-order valence-corrected chi connectivity index (χ0v) is 9.11. The molecule has 0 amide bonds. The van der Waals surface area contributed by atoms with Gasteiger partial charge in [0, 0.05) is 11.3 Å². The second-order valence-corrected chi connectivity index (χ2v) is 3.74. The molecular formula is C9H15N3S. The minimum Gasteiger partial charge on any atom is -0.383 e. The summed E-state index contributed by atoms with van der Waals surface area (Å²) in [6.45, 7) is 4.05. The number of hydrogen-bond acceptors (Lipinski definition) is 4. The zero-order valence-electron chi connectivity index (χ0n) is 8.29. The van der Waals surface area contributed by atoms with Crippen LogP contribution >= 0.6 is 11.8 Å². The van der Waals surface area contributed by atoms with Gasteiger partial charge in [0.05, 0.1) is 5.75 Å². The Morgan fingerprint density at radius 2 is 2.08 bits per heavy atom. The van der Waals surface area contributed by atoms with E-state index in [0.29, 0.717) is 5.82 Å². The molecule has 13 heavy (non-hydrogen) atoms. The fourth-order valence-corrected chi connectivity index (χ4v) is 1.70. The quantitative estimate of drug-likeness (QED) is 0.802. The molecule has 0 aliphatic heterocycles. The first-order valence-electron chi connectivity index (χ1n) is 4.29. The van der Waals surface area contributed by atoms with Crippen LogP contribution in [0.1, 0.15) is 24.0 Å². The molecule has 3 nitrogen and oxygen atoms in total. The molecule has 0 fully saturated rings. The monoisotopic (exact) mass is 197 g/mol. The Kier molecular flexibility index (Phi) is 3.54. The Bertz CT molecular complexity index is 276. The van der Waals surface area contributed by atoms with E-state index in [1.165, 1.54) is 0 Å². The van der Waals surface area contributed by atoms with Crippen molar-refractivity contribution >= 4 is 17.6 Å². The maximum Gasteiger partial charge on any atom is 0.140 e. The van der Waals surface area contributed by atoms with E-state index in [1.54, 1.807) is 11.8 Å². The van der Waals surface area contributed by atoms with Crippen LogP contribution < -0.4 is 5.73 Å². The molecule has 0 aromatic carbocycles. The highest BCUT2D eigenvalue weighted by Crippen LogP contribution is 2.15. The van der Waals surface area contributed by atoms with Gasteiger partial charge in [-0.25, -0.2) is 9.97 Å². The molecule has 72 valence electrons. The molecule has 0 aliphatic carbocycles. The molecule has 0 bridgehead atoms. The number of aryl methyl sites for hydroxylation is 1. The van der Waals surface area contributed by atoms with E-state index in [2.05, 4.69) is 16.9 Å². The summed E-state index contributed by atoms with van der Waals surface area (Å²) in [6, 6.07) is 0. The first-order chi connectivity index (χ1) is 6.19. The molecule has 1 rings (SSSR count). The van der Waals surface area contributed by atoms with Gasteiger partial charge in [0.2, 0.25) is 0 Å². The number of rotatable bonds is 3. The second-order valence-electron chi connectivity index (χ2n) is 2.88. The van der Waals surface area contributed by atoms with Crippen molar-refractivity contribution in [3.05, 3.63) is 17.1 Å². The lowest BCUT2D eigenvalue weighted by Crippen LogP contribution is -2.05. The van der Waals surface area contributed by atoms with Crippen molar-refractivity contribution < 1.29 is 0 Å². The number of nitrogens with two attached hydrogens (primary N) is 1. The van der Waals surface area contributed by atoms with Crippen molar-refractivity contribution in [1.29, 1.82) is 0 Å². The van der Waals surface area contributed by atoms with E-state index in [-0.39, 0.29) is 0 Å². The highest BCUT2D eigenvalue weighted by molar-refractivity contribution is 7.97. The number of nitrogen functional groups attached to an aromatic ring is 1. The third kappa shape index (κ3) is 2.34. The average Bonchev–Trinajstić information content (AvgIpc) is 2.04. The Balaban J connectivity index is 3.05. The minimum absolute atomic E-state index is 0.638. The molecule has 0 radical (unpaired) electrons. The highest BCUT2D eigenvalue weighted by Gasteiger charge is 2.06. The van der Waals surface area contributed by atoms with Gasteiger partial charge in [-0.2, -0.15) is 11.8 Å². The fraction of sp³-hybridized carbons (Fsp3) is 0.556. The zero-order chi connectivity index (χ0) is 9.84. The summed E-state index contributed by atoms with van der Waals surface area (Å²) < 4.78 is 0. The van der Waals surface area contributed by atoms with Crippen LogP contribution in [-0.4, -0.2) is 16.2 Å². The van der Waals surface area contributed by atoms with Gasteiger partial charge in [-0.1, -0.05) is 6.92 Å². The van der Waals surface area contributed by atoms with Crippen molar-refractivity contribution in [3.63, 3.8) is 0 Å². The van der Waals surface area contributed by atoms with Crippen molar-refractivity contribution in [1.82, 2.24) is 9.97 Å². The van der Waals surface area contributed by atoms with Gasteiger partial charge in [0.15, 0.2) is 0 Å². The van der Waals surface area contributed by atoms with Crippen LogP contribution in [0.5, 0.6) is 0 Å². The van der Waals surface area contributed by atoms with Gasteiger partial charge < -0.3 is 5.73 Å². The van der Waals surface area contributed by atoms with Crippen LogP contribution in [0.3, 0.4) is 0 Å². The number of thioether (sulfide) groups is 1. The summed E-state index contributed by atoms with van der Waals surface area (Å²) in [5.41, 5.74) is 7.89. The number of anilines is 1. The van der Waals surface area contributed by atoms with E-state index in [4.69, 9.17) is 5.73 Å². The van der Waals surface area contributed by atoms with E-state index in [9.17, 15) is 0 Å². The second kappa shape index (κ2) is 4.46. The Hall–Kier alpha value is -0.770. The summed E-state index contributed by atoms with van der Waals surface area (Å²) in [5.74, 6) is 2.30. The number of nitrogens with zero attached hydrogens (tertiary/aromatic N) is 2. The average molecular weight is 197 g/mol. The van der Waals surface area contributed by atoms with Crippen molar-refractivity contribution in [2.75, 3.05) is 12.0 Å². The van der Waals surface area contributed by atoms with Crippen LogP contribution in [0, 0.1) is 6.92 Å². The van der Waals surface area contributed by atoms with Gasteiger partial charge in [0.1, 0.15) is 11.6 Å². The van der Waals surface area contributed by atoms with Crippen LogP contribution in [0.4, 0.5) is 5.82 Å². The third-order valence-corrected chi connectivity index (χ3v) is 2.47. The van der Waals surface area contributed by atoms with Gasteiger partial charge in [-0.3, -0.25) is 0 Å². The van der Waals surface area contributed by atoms with E-state index < -0.39 is 0 Å². The normalized spacial score (nSPS) is 10.4. The first-order valence-corrected chi connectivity index (χ1v) is 5.69. The lowest BCUT2D eigenvalue weighted by molar-refractivity contribution is 0.948. The van der Waals surface area contributed by atoms with E-state index in [1.807, 2.05) is 13.2 Å². The van der Waals surface area contributed by atoms with E-state index in [0.717, 1.165) is 29.3 Å². The first kappa shape index (κ1) is 10.3. The maximum absolute atomic E-state index is 5.80. The molecule has 1 aromatic heterocycles. The third-order valence-electron chi connectivity index (χ3n) is 1.92. The van der Waals surface area contributed by atoms with Crippen molar-refractivity contribution in [3.8, 4) is 0 Å². The van der Waals surface area contributed by atoms with Crippen LogP contribution in [0.25, 0.3) is 0 Å². The predicted molar refractivity (Wildman–Crippen MR) is 57.8 cm³/mol. The smallest absolute Gasteiger partial charge is 0.140 e. The summed E-state index contributed by atoms with van der Waals surface area (Å²) in [5, 5.41) is 0. The molecule has 0 spiro atoms. The molecule has 1 aromatic rings. The Labute approximate surface area is 83.2 Å². The molecule has 0 atom stereocenters. The van der Waals surface area contributed by atoms with Crippen molar-refractivity contribution in [2.45, 2.75) is 26.0 Å². The summed E-state index contributed by atoms with van der Waals surface area (Å²) in [7, 11) is 0. The lowest BCUT2D eigenvalue weighted by Gasteiger charge is -2.07. The van der Waals surface area contributed by atoms with Crippen molar-refractivity contribution in [2.24, 2.45) is 0 Å². The molecule has 0 saturated carbocycles. The molecule has 0 unspecified atom stereocenters. The van der Waals surface area contributed by atoms with E-state index >= 15 is 0 Å². The summed E-state index contributed by atoms with van der Waals surface area (Å²) >= 11 is 1.71. The minimum atomic E-state index is 0.638. The Morgan fingerprint density at radius 1 is 1.38 bits per heavy atom. The standard InChI is InChI=1S/C9H15N3S/c1-4-7-6(2)11-8(5-13-3)12-9(7)10/h4-5H2,1-3H3,(H2,10,11,12). The van der Waals surface area contributed by atoms with Gasteiger partial charge in [-0.15, -0.1) is 0 Å². The Morgan fingerprint density at radius 3 is 2.54 bits per heavy atom. The van der Waals surface area contributed by atoms with Gasteiger partial charge in [0.25, 0.3) is 0 Å². The topological polar surface area (TPSA) is 51.8 Å². The molecule has 4 heteroatoms. The van der Waals surface area contributed by atoms with Crippen LogP contribution in [0.15, 0.2) is 0 Å². The summed E-state index contributed by atoms with van der Waals surface area (Å²) in [6.07, 6.45) is 2.93. The van der Waals surface area contributed by atoms with Gasteiger partial charge >= 0.3 is 0 Å². The van der Waals surface area contributed by atoms with Crippen LogP contribution in [0.2, 0.25) is 0 Å². The van der Waals surface area contributed by atoms with Crippen LogP contribution in [-0.2, 0) is 12.2 Å². The molecule has 0 saturated heterocycles. The predicted octanol–water partition coefficient (Wildman–Crippen LogP) is 1.79. The molecule has 0 aliphatic rings. The largest absolute Gasteiger partial charge is 0.383 e. The maximum atomic E-state index is 5.80. The molecule has 2 N–H and O–H groups in total. The highest BCUT2D eigenvalue weighted by atomic mass is 32.2. The molecular weight excluding hydrogens is 182 g/mol. The van der Waals surface area contributed by atoms with Gasteiger partial charge in [-0.05, 0) is 19.6 Å².